The van der Waals surface area contributed by atoms with Crippen LogP contribution in [0.2, 0.25) is 0 Å². The number of hydrogen-bond donors (Lipinski definition) is 1. The third kappa shape index (κ3) is 4.46. The maximum absolute atomic E-state index is 6.60. The van der Waals surface area contributed by atoms with Gasteiger partial charge < -0.3 is 10.1 Å². The van der Waals surface area contributed by atoms with E-state index in [4.69, 9.17) is 4.74 Å². The summed E-state index contributed by atoms with van der Waals surface area (Å²) in [5.41, 5.74) is 0.454. The van der Waals surface area contributed by atoms with E-state index in [0.717, 1.165) is 12.5 Å². The van der Waals surface area contributed by atoms with E-state index in [1.54, 1.807) is 0 Å². The van der Waals surface area contributed by atoms with E-state index < -0.39 is 0 Å². The SMILES string of the molecule is CCNC1CCC(C)(C)CC1OC1CCCC(CC)C1. The zero-order chi connectivity index (χ0) is 14.6. The molecule has 2 fully saturated rings. The number of likely N-dealkylation sites (N-methyl/N-ethyl adjacent to an activating group) is 1. The Morgan fingerprint density at radius 2 is 1.95 bits per heavy atom. The minimum atomic E-state index is 0.430. The van der Waals surface area contributed by atoms with Gasteiger partial charge in [0.25, 0.3) is 0 Å². The normalized spacial score (nSPS) is 37.8. The van der Waals surface area contributed by atoms with Gasteiger partial charge in [0.05, 0.1) is 12.2 Å². The predicted octanol–water partition coefficient (Wildman–Crippen LogP) is 4.53. The van der Waals surface area contributed by atoms with Gasteiger partial charge in [0.2, 0.25) is 0 Å². The lowest BCUT2D eigenvalue weighted by atomic mass is 9.73. The summed E-state index contributed by atoms with van der Waals surface area (Å²) >= 11 is 0. The Kier molecular flexibility index (Phi) is 5.92. The standard InChI is InChI=1S/C18H35NO/c1-5-14-8-7-9-15(12-14)20-17-13-18(3,4)11-10-16(17)19-6-2/h14-17,19H,5-13H2,1-4H3. The molecule has 0 radical (unpaired) electrons. The zero-order valence-electron chi connectivity index (χ0n) is 14.1. The van der Waals surface area contributed by atoms with Gasteiger partial charge in [0.1, 0.15) is 0 Å². The van der Waals surface area contributed by atoms with Gasteiger partial charge in [-0.25, -0.2) is 0 Å². The molecule has 0 amide bonds. The lowest BCUT2D eigenvalue weighted by molar-refractivity contribution is -0.0877. The molecule has 0 bridgehead atoms. The molecule has 2 aliphatic rings. The predicted molar refractivity (Wildman–Crippen MR) is 86.0 cm³/mol. The highest BCUT2D eigenvalue weighted by atomic mass is 16.5. The van der Waals surface area contributed by atoms with Crippen LogP contribution in [-0.2, 0) is 4.74 Å². The molecule has 2 nitrogen and oxygen atoms in total. The molecule has 0 saturated heterocycles. The minimum absolute atomic E-state index is 0.430. The summed E-state index contributed by atoms with van der Waals surface area (Å²) in [6.45, 7) is 10.4. The first-order chi connectivity index (χ1) is 9.54. The van der Waals surface area contributed by atoms with Crippen molar-refractivity contribution in [2.75, 3.05) is 6.54 Å². The van der Waals surface area contributed by atoms with Crippen molar-refractivity contribution in [3.05, 3.63) is 0 Å². The van der Waals surface area contributed by atoms with Crippen molar-refractivity contribution in [1.82, 2.24) is 5.32 Å². The van der Waals surface area contributed by atoms with Crippen molar-refractivity contribution in [2.24, 2.45) is 11.3 Å². The Labute approximate surface area is 126 Å². The third-order valence-electron chi connectivity index (χ3n) is 5.48. The second-order valence-corrected chi connectivity index (χ2v) is 7.81. The summed E-state index contributed by atoms with van der Waals surface area (Å²) in [6, 6.07) is 0.579. The van der Waals surface area contributed by atoms with Crippen LogP contribution in [0.15, 0.2) is 0 Å². The molecular formula is C18H35NO. The molecule has 2 saturated carbocycles. The second-order valence-electron chi connectivity index (χ2n) is 7.81. The molecule has 0 heterocycles. The molecule has 4 unspecified atom stereocenters. The second kappa shape index (κ2) is 7.26. The maximum atomic E-state index is 6.60. The van der Waals surface area contributed by atoms with Crippen molar-refractivity contribution in [2.45, 2.75) is 97.3 Å². The smallest absolute Gasteiger partial charge is 0.0736 e. The molecule has 20 heavy (non-hydrogen) atoms. The molecule has 0 aromatic carbocycles. The molecule has 2 aliphatic carbocycles. The van der Waals surface area contributed by atoms with Gasteiger partial charge in [-0.05, 0) is 50.0 Å². The van der Waals surface area contributed by atoms with Crippen LogP contribution in [0.1, 0.15) is 79.1 Å². The Morgan fingerprint density at radius 1 is 1.15 bits per heavy atom. The van der Waals surface area contributed by atoms with Crippen LogP contribution in [0.3, 0.4) is 0 Å². The molecular weight excluding hydrogens is 246 g/mol. The van der Waals surface area contributed by atoms with E-state index in [9.17, 15) is 0 Å². The van der Waals surface area contributed by atoms with E-state index in [0.29, 0.717) is 23.7 Å². The fourth-order valence-electron chi connectivity index (χ4n) is 4.14. The number of hydrogen-bond acceptors (Lipinski definition) is 2. The summed E-state index contributed by atoms with van der Waals surface area (Å²) < 4.78 is 6.60. The Balaban J connectivity index is 1.92. The van der Waals surface area contributed by atoms with Crippen LogP contribution in [0.25, 0.3) is 0 Å². The number of ether oxygens (including phenoxy) is 1. The van der Waals surface area contributed by atoms with Crippen LogP contribution in [0, 0.1) is 11.3 Å². The lowest BCUT2D eigenvalue weighted by Crippen LogP contribution is -2.49. The Hall–Kier alpha value is -0.0800. The van der Waals surface area contributed by atoms with Crippen LogP contribution >= 0.6 is 0 Å². The highest BCUT2D eigenvalue weighted by Crippen LogP contribution is 2.39. The average molecular weight is 281 g/mol. The largest absolute Gasteiger partial charge is 0.373 e. The van der Waals surface area contributed by atoms with Crippen LogP contribution in [-0.4, -0.2) is 24.8 Å². The zero-order valence-corrected chi connectivity index (χ0v) is 14.1. The molecule has 2 heteroatoms. The maximum Gasteiger partial charge on any atom is 0.0736 e. The molecule has 1 N–H and O–H groups in total. The minimum Gasteiger partial charge on any atom is -0.373 e. The van der Waals surface area contributed by atoms with E-state index in [-0.39, 0.29) is 0 Å². The van der Waals surface area contributed by atoms with E-state index in [1.807, 2.05) is 0 Å². The summed E-state index contributed by atoms with van der Waals surface area (Å²) in [4.78, 5) is 0. The quantitative estimate of drug-likeness (QED) is 0.799. The van der Waals surface area contributed by atoms with E-state index >= 15 is 0 Å². The number of rotatable bonds is 5. The van der Waals surface area contributed by atoms with Gasteiger partial charge in [0, 0.05) is 6.04 Å². The topological polar surface area (TPSA) is 21.3 Å². The molecule has 4 atom stereocenters. The molecule has 2 rings (SSSR count). The van der Waals surface area contributed by atoms with Gasteiger partial charge >= 0.3 is 0 Å². The van der Waals surface area contributed by atoms with Gasteiger partial charge in [-0.15, -0.1) is 0 Å². The molecule has 0 aromatic rings. The molecule has 0 aliphatic heterocycles. The highest BCUT2D eigenvalue weighted by Gasteiger charge is 2.37. The highest BCUT2D eigenvalue weighted by molar-refractivity contribution is 4.90. The third-order valence-corrected chi connectivity index (χ3v) is 5.48. The van der Waals surface area contributed by atoms with Crippen LogP contribution < -0.4 is 5.32 Å². The van der Waals surface area contributed by atoms with Crippen molar-refractivity contribution >= 4 is 0 Å². The summed E-state index contributed by atoms with van der Waals surface area (Å²) in [5, 5.41) is 3.66. The summed E-state index contributed by atoms with van der Waals surface area (Å²) in [6.07, 6.45) is 11.5. The summed E-state index contributed by atoms with van der Waals surface area (Å²) in [5.74, 6) is 0.905. The first kappa shape index (κ1) is 16.3. The first-order valence-electron chi connectivity index (χ1n) is 8.93. The fourth-order valence-corrected chi connectivity index (χ4v) is 4.14. The van der Waals surface area contributed by atoms with Crippen molar-refractivity contribution in [3.63, 3.8) is 0 Å². The first-order valence-corrected chi connectivity index (χ1v) is 8.93. The van der Waals surface area contributed by atoms with Crippen molar-refractivity contribution in [1.29, 1.82) is 0 Å². The fraction of sp³-hybridized carbons (Fsp3) is 1.00. The lowest BCUT2D eigenvalue weighted by Gasteiger charge is -2.43. The number of nitrogens with one attached hydrogen (secondary N) is 1. The van der Waals surface area contributed by atoms with Gasteiger partial charge in [0.15, 0.2) is 0 Å². The van der Waals surface area contributed by atoms with Crippen LogP contribution in [0.4, 0.5) is 0 Å². The van der Waals surface area contributed by atoms with Gasteiger partial charge in [-0.1, -0.05) is 47.0 Å². The van der Waals surface area contributed by atoms with Crippen LogP contribution in [0.5, 0.6) is 0 Å². The van der Waals surface area contributed by atoms with Gasteiger partial charge in [-0.2, -0.15) is 0 Å². The van der Waals surface area contributed by atoms with E-state index in [1.165, 1.54) is 51.4 Å². The monoisotopic (exact) mass is 281 g/mol. The molecule has 0 spiro atoms. The Morgan fingerprint density at radius 3 is 2.65 bits per heavy atom. The van der Waals surface area contributed by atoms with Gasteiger partial charge in [-0.3, -0.25) is 0 Å². The van der Waals surface area contributed by atoms with Crippen molar-refractivity contribution in [3.8, 4) is 0 Å². The molecule has 118 valence electrons. The van der Waals surface area contributed by atoms with Crippen molar-refractivity contribution < 1.29 is 4.74 Å². The van der Waals surface area contributed by atoms with E-state index in [2.05, 4.69) is 33.0 Å². The summed E-state index contributed by atoms with van der Waals surface area (Å²) in [7, 11) is 0. The average Bonchev–Trinajstić information content (AvgIpc) is 2.42. The Bertz CT molecular complexity index is 289. The molecule has 0 aromatic heterocycles.